The van der Waals surface area contributed by atoms with Crippen LogP contribution in [0.15, 0.2) is 18.5 Å². The van der Waals surface area contributed by atoms with E-state index in [2.05, 4.69) is 22.1 Å². The van der Waals surface area contributed by atoms with E-state index in [1.165, 1.54) is 29.9 Å². The van der Waals surface area contributed by atoms with Crippen molar-refractivity contribution in [3.05, 3.63) is 29.0 Å². The van der Waals surface area contributed by atoms with Crippen molar-refractivity contribution in [3.63, 3.8) is 0 Å². The molecule has 0 bridgehead atoms. The zero-order valence-electron chi connectivity index (χ0n) is 12.5. The number of hydrogen-bond acceptors (Lipinski definition) is 4. The smallest absolute Gasteiger partial charge is 0.0701 e. The van der Waals surface area contributed by atoms with Crippen molar-refractivity contribution in [2.75, 3.05) is 25.2 Å². The molecule has 21 heavy (non-hydrogen) atoms. The van der Waals surface area contributed by atoms with E-state index in [1.807, 2.05) is 19.3 Å². The number of halogens is 1. The molecular formula is C16H23ClN2OS. The van der Waals surface area contributed by atoms with Gasteiger partial charge in [0.25, 0.3) is 0 Å². The summed E-state index contributed by atoms with van der Waals surface area (Å²) in [5.74, 6) is 3.03. The molecule has 3 rings (SSSR count). The first-order chi connectivity index (χ1) is 10.2. The highest BCUT2D eigenvalue weighted by Crippen LogP contribution is 2.44. The zero-order valence-corrected chi connectivity index (χ0v) is 14.1. The minimum absolute atomic E-state index is 0.114. The van der Waals surface area contributed by atoms with Gasteiger partial charge in [0.2, 0.25) is 0 Å². The lowest BCUT2D eigenvalue weighted by Crippen LogP contribution is -2.45. The van der Waals surface area contributed by atoms with E-state index in [4.69, 9.17) is 16.3 Å². The van der Waals surface area contributed by atoms with Gasteiger partial charge in [-0.1, -0.05) is 11.6 Å². The van der Waals surface area contributed by atoms with Crippen molar-refractivity contribution in [1.29, 1.82) is 0 Å². The van der Waals surface area contributed by atoms with E-state index in [0.717, 1.165) is 24.5 Å². The predicted molar refractivity (Wildman–Crippen MR) is 89.0 cm³/mol. The van der Waals surface area contributed by atoms with Crippen LogP contribution in [0.2, 0.25) is 5.02 Å². The highest BCUT2D eigenvalue weighted by molar-refractivity contribution is 7.99. The zero-order chi connectivity index (χ0) is 14.7. The normalized spacial score (nSPS) is 26.7. The van der Waals surface area contributed by atoms with Crippen LogP contribution in [0.5, 0.6) is 0 Å². The van der Waals surface area contributed by atoms with Crippen molar-refractivity contribution in [2.45, 2.75) is 37.3 Å². The lowest BCUT2D eigenvalue weighted by Gasteiger charge is -2.45. The summed E-state index contributed by atoms with van der Waals surface area (Å²) >= 11 is 8.41. The fraction of sp³-hybridized carbons (Fsp3) is 0.688. The Kier molecular flexibility index (Phi) is 5.10. The third kappa shape index (κ3) is 3.39. The highest BCUT2D eigenvalue weighted by atomic mass is 35.5. The molecule has 0 radical (unpaired) electrons. The molecule has 1 N–H and O–H groups in total. The molecule has 0 aromatic carbocycles. The lowest BCUT2D eigenvalue weighted by atomic mass is 9.77. The molecule has 1 spiro atoms. The Morgan fingerprint density at radius 3 is 3.00 bits per heavy atom. The Balaban J connectivity index is 1.79. The molecule has 0 aliphatic carbocycles. The van der Waals surface area contributed by atoms with Crippen molar-refractivity contribution in [3.8, 4) is 0 Å². The molecule has 5 heteroatoms. The summed E-state index contributed by atoms with van der Waals surface area (Å²) in [5, 5.41) is 4.24. The number of nitrogens with one attached hydrogen (secondary N) is 1. The van der Waals surface area contributed by atoms with E-state index in [9.17, 15) is 0 Å². The van der Waals surface area contributed by atoms with Gasteiger partial charge in [0.05, 0.1) is 10.6 Å². The Labute approximate surface area is 136 Å². The van der Waals surface area contributed by atoms with Crippen LogP contribution < -0.4 is 5.32 Å². The Bertz CT molecular complexity index is 474. The molecule has 2 aliphatic rings. The van der Waals surface area contributed by atoms with Crippen LogP contribution >= 0.6 is 23.4 Å². The molecule has 2 aliphatic heterocycles. The third-order valence-electron chi connectivity index (χ3n) is 4.86. The topological polar surface area (TPSA) is 34.2 Å². The van der Waals surface area contributed by atoms with E-state index >= 15 is 0 Å². The van der Waals surface area contributed by atoms with Crippen molar-refractivity contribution in [2.24, 2.45) is 5.92 Å². The molecule has 2 atom stereocenters. The monoisotopic (exact) mass is 326 g/mol. The van der Waals surface area contributed by atoms with Crippen LogP contribution in [0.1, 0.15) is 37.3 Å². The third-order valence-corrected chi connectivity index (χ3v) is 6.16. The van der Waals surface area contributed by atoms with E-state index in [1.54, 1.807) is 6.20 Å². The average Bonchev–Trinajstić information content (AvgIpc) is 2.51. The molecule has 0 amide bonds. The SMILES string of the molecule is CNC(c1ccncc1Cl)C1CCOC2(CCSCC2)C1. The first-order valence-corrected chi connectivity index (χ1v) is 9.26. The molecule has 0 saturated carbocycles. The summed E-state index contributed by atoms with van der Waals surface area (Å²) in [6, 6.07) is 2.33. The highest BCUT2D eigenvalue weighted by Gasteiger charge is 2.41. The van der Waals surface area contributed by atoms with E-state index < -0.39 is 0 Å². The van der Waals surface area contributed by atoms with Gasteiger partial charge in [0.1, 0.15) is 0 Å². The molecule has 2 unspecified atom stereocenters. The second-order valence-electron chi connectivity index (χ2n) is 6.06. The molecule has 3 nitrogen and oxygen atoms in total. The largest absolute Gasteiger partial charge is 0.375 e. The maximum atomic E-state index is 6.36. The van der Waals surface area contributed by atoms with Crippen LogP contribution in [-0.4, -0.2) is 35.7 Å². The van der Waals surface area contributed by atoms with Gasteiger partial charge in [-0.15, -0.1) is 0 Å². The Morgan fingerprint density at radius 1 is 1.48 bits per heavy atom. The second kappa shape index (κ2) is 6.86. The molecule has 2 fully saturated rings. The summed E-state index contributed by atoms with van der Waals surface area (Å²) in [5.41, 5.74) is 1.28. The van der Waals surface area contributed by atoms with Crippen LogP contribution in [0, 0.1) is 5.92 Å². The van der Waals surface area contributed by atoms with Gasteiger partial charge in [-0.05, 0) is 61.8 Å². The number of nitrogens with zero attached hydrogens (tertiary/aromatic N) is 1. The number of hydrogen-bond donors (Lipinski definition) is 1. The summed E-state index contributed by atoms with van der Waals surface area (Å²) in [4.78, 5) is 4.10. The summed E-state index contributed by atoms with van der Waals surface area (Å²) in [7, 11) is 2.03. The van der Waals surface area contributed by atoms with Crippen molar-refractivity contribution < 1.29 is 4.74 Å². The van der Waals surface area contributed by atoms with Crippen LogP contribution in [0.4, 0.5) is 0 Å². The summed E-state index contributed by atoms with van der Waals surface area (Å²) in [6.07, 6.45) is 8.19. The molecule has 3 heterocycles. The standard InChI is InChI=1S/C16H23ClN2OS/c1-18-15(13-2-6-19-11-14(13)17)12-3-7-20-16(10-12)4-8-21-9-5-16/h2,6,11-12,15,18H,3-5,7-10H2,1H3. The van der Waals surface area contributed by atoms with Crippen molar-refractivity contribution >= 4 is 23.4 Å². The van der Waals surface area contributed by atoms with Gasteiger partial charge in [-0.25, -0.2) is 0 Å². The van der Waals surface area contributed by atoms with Gasteiger partial charge in [0, 0.05) is 25.0 Å². The lowest BCUT2D eigenvalue weighted by molar-refractivity contribution is -0.107. The fourth-order valence-corrected chi connectivity index (χ4v) is 5.20. The number of aromatic nitrogens is 1. The maximum absolute atomic E-state index is 6.36. The van der Waals surface area contributed by atoms with Gasteiger partial charge in [-0.3, -0.25) is 4.98 Å². The fourth-order valence-electron chi connectivity index (χ4n) is 3.73. The molecule has 1 aromatic rings. The van der Waals surface area contributed by atoms with Gasteiger partial charge in [-0.2, -0.15) is 11.8 Å². The van der Waals surface area contributed by atoms with Gasteiger partial charge in [0.15, 0.2) is 0 Å². The minimum atomic E-state index is 0.114. The Hall–Kier alpha value is -0.290. The van der Waals surface area contributed by atoms with Gasteiger partial charge >= 0.3 is 0 Å². The first-order valence-electron chi connectivity index (χ1n) is 7.72. The molecule has 2 saturated heterocycles. The van der Waals surface area contributed by atoms with Crippen LogP contribution in [0.25, 0.3) is 0 Å². The molecule has 1 aromatic heterocycles. The number of pyridine rings is 1. The minimum Gasteiger partial charge on any atom is -0.375 e. The van der Waals surface area contributed by atoms with E-state index in [-0.39, 0.29) is 11.6 Å². The second-order valence-corrected chi connectivity index (χ2v) is 7.69. The Morgan fingerprint density at radius 2 is 2.29 bits per heavy atom. The molecule has 116 valence electrons. The van der Waals surface area contributed by atoms with Gasteiger partial charge < -0.3 is 10.1 Å². The number of ether oxygens (including phenoxy) is 1. The summed E-state index contributed by atoms with van der Waals surface area (Å²) < 4.78 is 6.21. The average molecular weight is 327 g/mol. The molecular weight excluding hydrogens is 304 g/mol. The number of rotatable bonds is 3. The van der Waals surface area contributed by atoms with Crippen LogP contribution in [0.3, 0.4) is 0 Å². The van der Waals surface area contributed by atoms with Crippen LogP contribution in [-0.2, 0) is 4.74 Å². The maximum Gasteiger partial charge on any atom is 0.0701 e. The van der Waals surface area contributed by atoms with Crippen molar-refractivity contribution in [1.82, 2.24) is 10.3 Å². The summed E-state index contributed by atoms with van der Waals surface area (Å²) in [6.45, 7) is 0.871. The number of thioether (sulfide) groups is 1. The van der Waals surface area contributed by atoms with E-state index in [0.29, 0.717) is 5.92 Å². The predicted octanol–water partition coefficient (Wildman–Crippen LogP) is 3.69. The quantitative estimate of drug-likeness (QED) is 0.918. The first kappa shape index (κ1) is 15.6.